The molecule has 0 aliphatic carbocycles. The number of rotatable bonds is 7. The first-order chi connectivity index (χ1) is 14.1. The van der Waals surface area contributed by atoms with Crippen molar-refractivity contribution in [1.29, 1.82) is 0 Å². The van der Waals surface area contributed by atoms with E-state index < -0.39 is 26.0 Å². The van der Waals surface area contributed by atoms with Crippen LogP contribution in [0.15, 0.2) is 58.3 Å². The van der Waals surface area contributed by atoms with E-state index in [1.807, 2.05) is 0 Å². The Morgan fingerprint density at radius 3 is 2.27 bits per heavy atom. The molecular weight excluding hydrogens is 452 g/mol. The minimum atomic E-state index is -4.00. The number of carboxylic acid groups (broad SMARTS) is 1. The van der Waals surface area contributed by atoms with Crippen LogP contribution in [0.25, 0.3) is 6.08 Å². The van der Waals surface area contributed by atoms with Crippen molar-refractivity contribution in [2.45, 2.75) is 22.6 Å². The molecule has 11 heteroatoms. The van der Waals surface area contributed by atoms with Crippen LogP contribution < -0.4 is 4.72 Å². The van der Waals surface area contributed by atoms with E-state index in [4.69, 9.17) is 16.7 Å². The summed E-state index contributed by atoms with van der Waals surface area (Å²) in [6, 6.07) is 9.48. The third-order valence-electron chi connectivity index (χ3n) is 4.48. The van der Waals surface area contributed by atoms with Gasteiger partial charge in [-0.15, -0.1) is 0 Å². The molecule has 1 aliphatic heterocycles. The molecule has 2 aromatic rings. The number of nitrogens with one attached hydrogen (secondary N) is 1. The SMILES string of the molecule is O=C(O)/C=C/c1ccc(S(=O)(=O)Nc2ccc(Cl)c(S(=O)(=O)N3CCCC3)c2)cc1. The molecule has 2 N–H and O–H groups in total. The molecule has 1 aliphatic rings. The van der Waals surface area contributed by atoms with Crippen LogP contribution in [0.1, 0.15) is 18.4 Å². The summed E-state index contributed by atoms with van der Waals surface area (Å²) in [6.45, 7) is 0.800. The maximum atomic E-state index is 12.8. The Kier molecular flexibility index (Phi) is 6.51. The van der Waals surface area contributed by atoms with Crippen LogP contribution in [-0.2, 0) is 24.8 Å². The second-order valence-corrected chi connectivity index (χ2v) is 10.6. The Balaban J connectivity index is 1.86. The summed E-state index contributed by atoms with van der Waals surface area (Å²) in [4.78, 5) is 10.3. The van der Waals surface area contributed by atoms with E-state index in [-0.39, 0.29) is 20.5 Å². The average Bonchev–Trinajstić information content (AvgIpc) is 3.23. The number of hydrogen-bond acceptors (Lipinski definition) is 5. The van der Waals surface area contributed by atoms with Gasteiger partial charge in [0.05, 0.1) is 15.6 Å². The highest BCUT2D eigenvalue weighted by Gasteiger charge is 2.29. The van der Waals surface area contributed by atoms with Gasteiger partial charge in [0.25, 0.3) is 10.0 Å². The number of anilines is 1. The Morgan fingerprint density at radius 1 is 1.03 bits per heavy atom. The molecule has 1 fully saturated rings. The summed E-state index contributed by atoms with van der Waals surface area (Å²) >= 11 is 6.09. The number of carbonyl (C=O) groups is 1. The predicted molar refractivity (Wildman–Crippen MR) is 113 cm³/mol. The number of nitrogens with zero attached hydrogens (tertiary/aromatic N) is 1. The van der Waals surface area contributed by atoms with Crippen molar-refractivity contribution in [2.24, 2.45) is 0 Å². The van der Waals surface area contributed by atoms with E-state index >= 15 is 0 Å². The number of benzene rings is 2. The van der Waals surface area contributed by atoms with Gasteiger partial charge in [-0.2, -0.15) is 4.31 Å². The highest BCUT2D eigenvalue weighted by atomic mass is 35.5. The summed E-state index contributed by atoms with van der Waals surface area (Å²) in [5.74, 6) is -1.12. The molecule has 0 amide bonds. The highest BCUT2D eigenvalue weighted by molar-refractivity contribution is 7.92. The zero-order valence-electron chi connectivity index (χ0n) is 15.7. The molecule has 0 radical (unpaired) electrons. The third-order valence-corrected chi connectivity index (χ3v) is 8.25. The van der Waals surface area contributed by atoms with Gasteiger partial charge < -0.3 is 5.11 Å². The summed E-state index contributed by atoms with van der Waals surface area (Å²) in [7, 11) is -7.82. The van der Waals surface area contributed by atoms with Gasteiger partial charge in [-0.05, 0) is 54.8 Å². The topological polar surface area (TPSA) is 121 Å². The molecule has 160 valence electrons. The van der Waals surface area contributed by atoms with Crippen molar-refractivity contribution in [3.63, 3.8) is 0 Å². The molecule has 0 saturated carbocycles. The fourth-order valence-electron chi connectivity index (χ4n) is 2.97. The lowest BCUT2D eigenvalue weighted by Crippen LogP contribution is -2.28. The number of hydrogen-bond donors (Lipinski definition) is 2. The van der Waals surface area contributed by atoms with Gasteiger partial charge in [0.15, 0.2) is 0 Å². The van der Waals surface area contributed by atoms with E-state index in [0.29, 0.717) is 18.7 Å². The molecule has 2 aromatic carbocycles. The first-order valence-corrected chi connectivity index (χ1v) is 12.2. The number of sulfonamides is 2. The predicted octanol–water partition coefficient (Wildman–Crippen LogP) is 3.02. The molecule has 0 bridgehead atoms. The lowest BCUT2D eigenvalue weighted by molar-refractivity contribution is -0.131. The number of carboxylic acids is 1. The van der Waals surface area contributed by atoms with Crippen molar-refractivity contribution >= 4 is 49.4 Å². The van der Waals surface area contributed by atoms with Gasteiger partial charge in [0, 0.05) is 19.2 Å². The lowest BCUT2D eigenvalue weighted by atomic mass is 10.2. The normalized spacial score (nSPS) is 15.5. The van der Waals surface area contributed by atoms with E-state index in [0.717, 1.165) is 18.9 Å². The smallest absolute Gasteiger partial charge is 0.328 e. The highest BCUT2D eigenvalue weighted by Crippen LogP contribution is 2.30. The Morgan fingerprint density at radius 2 is 1.67 bits per heavy atom. The van der Waals surface area contributed by atoms with Crippen LogP contribution in [0, 0.1) is 0 Å². The second-order valence-electron chi connectivity index (χ2n) is 6.60. The van der Waals surface area contributed by atoms with Gasteiger partial charge in [0.1, 0.15) is 4.90 Å². The number of halogens is 1. The molecule has 1 heterocycles. The quantitative estimate of drug-likeness (QED) is 0.600. The molecule has 8 nitrogen and oxygen atoms in total. The van der Waals surface area contributed by atoms with Gasteiger partial charge in [-0.25, -0.2) is 21.6 Å². The van der Waals surface area contributed by atoms with Crippen molar-refractivity contribution in [3.8, 4) is 0 Å². The van der Waals surface area contributed by atoms with Gasteiger partial charge in [-0.1, -0.05) is 23.7 Å². The average molecular weight is 471 g/mol. The minimum absolute atomic E-state index is 0.0134. The van der Waals surface area contributed by atoms with Crippen LogP contribution in [0.5, 0.6) is 0 Å². The van der Waals surface area contributed by atoms with Crippen molar-refractivity contribution < 1.29 is 26.7 Å². The van der Waals surface area contributed by atoms with E-state index in [1.54, 1.807) is 0 Å². The summed E-state index contributed by atoms with van der Waals surface area (Å²) in [5, 5.41) is 8.66. The van der Waals surface area contributed by atoms with E-state index in [1.165, 1.54) is 52.8 Å². The maximum absolute atomic E-state index is 12.8. The van der Waals surface area contributed by atoms with Gasteiger partial charge in [-0.3, -0.25) is 4.72 Å². The fraction of sp³-hybridized carbons (Fsp3) is 0.211. The molecule has 1 saturated heterocycles. The molecule has 0 atom stereocenters. The largest absolute Gasteiger partial charge is 0.478 e. The van der Waals surface area contributed by atoms with Crippen LogP contribution in [-0.4, -0.2) is 45.3 Å². The van der Waals surface area contributed by atoms with Crippen LogP contribution in [0.4, 0.5) is 5.69 Å². The summed E-state index contributed by atoms with van der Waals surface area (Å²) in [5.41, 5.74) is 0.578. The molecule has 30 heavy (non-hydrogen) atoms. The Bertz CT molecular complexity index is 1190. The summed E-state index contributed by atoms with van der Waals surface area (Å²) in [6.07, 6.45) is 3.81. The van der Waals surface area contributed by atoms with Crippen LogP contribution in [0.2, 0.25) is 5.02 Å². The monoisotopic (exact) mass is 470 g/mol. The first-order valence-electron chi connectivity index (χ1n) is 8.93. The van der Waals surface area contributed by atoms with Crippen molar-refractivity contribution in [3.05, 3.63) is 59.1 Å². The Hall–Kier alpha value is -2.40. The van der Waals surface area contributed by atoms with Gasteiger partial charge >= 0.3 is 5.97 Å². The third kappa shape index (κ3) is 5.01. The van der Waals surface area contributed by atoms with E-state index in [9.17, 15) is 21.6 Å². The zero-order valence-corrected chi connectivity index (χ0v) is 18.0. The van der Waals surface area contributed by atoms with Crippen molar-refractivity contribution in [1.82, 2.24) is 4.31 Å². The van der Waals surface area contributed by atoms with Crippen molar-refractivity contribution in [2.75, 3.05) is 17.8 Å². The number of aliphatic carboxylic acids is 1. The van der Waals surface area contributed by atoms with E-state index in [2.05, 4.69) is 4.72 Å². The molecular formula is C19H19ClN2O6S2. The fourth-order valence-corrected chi connectivity index (χ4v) is 6.04. The lowest BCUT2D eigenvalue weighted by Gasteiger charge is -2.17. The minimum Gasteiger partial charge on any atom is -0.478 e. The maximum Gasteiger partial charge on any atom is 0.328 e. The van der Waals surface area contributed by atoms with Crippen LogP contribution in [0.3, 0.4) is 0 Å². The van der Waals surface area contributed by atoms with Crippen LogP contribution >= 0.6 is 11.6 Å². The first kappa shape index (κ1) is 22.3. The molecule has 0 spiro atoms. The van der Waals surface area contributed by atoms with Gasteiger partial charge in [0.2, 0.25) is 10.0 Å². The zero-order chi connectivity index (χ0) is 21.9. The Labute approximate surface area is 179 Å². The standard InChI is InChI=1S/C19H19ClN2O6S2/c20-17-9-6-15(13-18(17)30(27,28)22-11-1-2-12-22)21-29(25,26)16-7-3-14(4-8-16)5-10-19(23)24/h3-10,13,21H,1-2,11-12H2,(H,23,24)/b10-5+. The molecule has 0 aromatic heterocycles. The summed E-state index contributed by atoms with van der Waals surface area (Å²) < 4.78 is 54.6. The molecule has 3 rings (SSSR count). The second kappa shape index (κ2) is 8.76. The molecule has 0 unspecified atom stereocenters.